The maximum absolute atomic E-state index is 2.40. The van der Waals surface area contributed by atoms with Gasteiger partial charge < -0.3 is 0 Å². The van der Waals surface area contributed by atoms with Gasteiger partial charge in [0.15, 0.2) is 0 Å². The Hall–Kier alpha value is -4.52. The SMILES string of the molecule is c1ccc(P(c2ccccc2)C(CCC(P(c2ccccc2)c2ccccc2)P(c2ccccc2)c2ccccc2)P(c2ccccc2)c2ccccc2)cc1. The van der Waals surface area contributed by atoms with Crippen molar-refractivity contribution < 1.29 is 0 Å². The molecule has 56 heavy (non-hydrogen) atoms. The second-order valence-corrected chi connectivity index (χ2v) is 24.1. The minimum absolute atomic E-state index is 0.392. The van der Waals surface area contributed by atoms with E-state index in [0.717, 1.165) is 12.8 Å². The highest BCUT2D eigenvalue weighted by Crippen LogP contribution is 2.62. The molecule has 0 radical (unpaired) electrons. The van der Waals surface area contributed by atoms with Crippen molar-refractivity contribution in [3.8, 4) is 0 Å². The maximum atomic E-state index is 2.40. The second kappa shape index (κ2) is 19.6. The Balaban J connectivity index is 1.35. The zero-order valence-electron chi connectivity index (χ0n) is 31.5. The lowest BCUT2D eigenvalue weighted by molar-refractivity contribution is 0.843. The van der Waals surface area contributed by atoms with Gasteiger partial charge >= 0.3 is 0 Å². The van der Waals surface area contributed by atoms with Gasteiger partial charge in [0.05, 0.1) is 0 Å². The van der Waals surface area contributed by atoms with Crippen LogP contribution in [0.15, 0.2) is 243 Å². The molecule has 0 aliphatic rings. The first-order chi connectivity index (χ1) is 27.8. The molecular formula is C52H46P4. The van der Waals surface area contributed by atoms with Crippen molar-refractivity contribution in [1.29, 1.82) is 0 Å². The number of benzene rings is 8. The number of hydrogen-bond donors (Lipinski definition) is 0. The third kappa shape index (κ3) is 9.19. The van der Waals surface area contributed by atoms with E-state index in [1.165, 1.54) is 42.4 Å². The van der Waals surface area contributed by atoms with Crippen LogP contribution in [0.3, 0.4) is 0 Å². The molecule has 0 unspecified atom stereocenters. The molecule has 0 spiro atoms. The van der Waals surface area contributed by atoms with Crippen molar-refractivity contribution in [1.82, 2.24) is 0 Å². The van der Waals surface area contributed by atoms with Crippen LogP contribution in [0, 0.1) is 0 Å². The van der Waals surface area contributed by atoms with Crippen LogP contribution in [0.4, 0.5) is 0 Å². The summed E-state index contributed by atoms with van der Waals surface area (Å²) in [6, 6.07) is 91.6. The molecule has 274 valence electrons. The van der Waals surface area contributed by atoms with Gasteiger partial charge in [-0.1, -0.05) is 243 Å². The molecule has 0 N–H and O–H groups in total. The third-order valence-corrected chi connectivity index (χ3v) is 23.2. The van der Waals surface area contributed by atoms with Gasteiger partial charge in [-0.3, -0.25) is 0 Å². The molecule has 0 fully saturated rings. The Labute approximate surface area is 338 Å². The van der Waals surface area contributed by atoms with E-state index in [1.54, 1.807) is 0 Å². The van der Waals surface area contributed by atoms with Gasteiger partial charge in [0.1, 0.15) is 0 Å². The summed E-state index contributed by atoms with van der Waals surface area (Å²) in [5, 5.41) is 12.4. The molecular weight excluding hydrogens is 748 g/mol. The van der Waals surface area contributed by atoms with Crippen LogP contribution < -0.4 is 42.4 Å². The molecule has 0 bridgehead atoms. The minimum Gasteiger partial charge on any atom is -0.0622 e. The van der Waals surface area contributed by atoms with E-state index in [-0.39, 0.29) is 0 Å². The normalized spacial score (nSPS) is 11.6. The lowest BCUT2D eigenvalue weighted by atomic mass is 10.3. The van der Waals surface area contributed by atoms with Crippen LogP contribution in [-0.4, -0.2) is 10.8 Å². The average Bonchev–Trinajstić information content (AvgIpc) is 3.28. The van der Waals surface area contributed by atoms with Crippen LogP contribution in [0.25, 0.3) is 0 Å². The Morgan fingerprint density at radius 1 is 0.196 bits per heavy atom. The topological polar surface area (TPSA) is 0 Å². The summed E-state index contributed by atoms with van der Waals surface area (Å²) in [5.41, 5.74) is 0. The van der Waals surface area contributed by atoms with Crippen molar-refractivity contribution >= 4 is 74.1 Å². The monoisotopic (exact) mass is 794 g/mol. The van der Waals surface area contributed by atoms with E-state index in [1.807, 2.05) is 0 Å². The fourth-order valence-corrected chi connectivity index (χ4v) is 22.3. The van der Waals surface area contributed by atoms with Gasteiger partial charge in [-0.15, -0.1) is 0 Å². The summed E-state index contributed by atoms with van der Waals surface area (Å²) in [4.78, 5) is 0. The van der Waals surface area contributed by atoms with Crippen LogP contribution in [0.2, 0.25) is 0 Å². The molecule has 0 amide bonds. The van der Waals surface area contributed by atoms with Crippen molar-refractivity contribution in [2.45, 2.75) is 23.6 Å². The Kier molecular flexibility index (Phi) is 13.4. The predicted molar refractivity (Wildman–Crippen MR) is 253 cm³/mol. The van der Waals surface area contributed by atoms with Crippen LogP contribution >= 0.6 is 31.7 Å². The molecule has 0 atom stereocenters. The third-order valence-electron chi connectivity index (χ3n) is 10.2. The average molecular weight is 795 g/mol. The molecule has 0 heterocycles. The molecule has 0 nitrogen and oxygen atoms in total. The molecule has 8 aromatic carbocycles. The lowest BCUT2D eigenvalue weighted by Crippen LogP contribution is -2.31. The van der Waals surface area contributed by atoms with Gasteiger partial charge in [0.2, 0.25) is 0 Å². The van der Waals surface area contributed by atoms with E-state index in [9.17, 15) is 0 Å². The van der Waals surface area contributed by atoms with Crippen molar-refractivity contribution in [2.24, 2.45) is 0 Å². The van der Waals surface area contributed by atoms with Crippen molar-refractivity contribution in [2.75, 3.05) is 0 Å². The van der Waals surface area contributed by atoms with Gasteiger partial charge in [-0.2, -0.15) is 0 Å². The summed E-state index contributed by atoms with van der Waals surface area (Å²) in [6.45, 7) is 0. The quantitative estimate of drug-likeness (QED) is 0.0907. The first kappa shape index (κ1) is 38.4. The fourth-order valence-electron chi connectivity index (χ4n) is 7.73. The standard InChI is InChI=1S/C52H46P4/c1-9-25-43(26-10-1)53(44-27-11-2-12-28-44)51(54(45-29-13-3-14-30-45)46-31-15-4-16-32-46)41-42-52(55(47-33-17-5-18-34-47)48-35-19-6-20-36-48)56(49-37-21-7-22-38-49)50-39-23-8-24-40-50/h1-40,51-52H,41-42H2. The molecule has 0 aliphatic heterocycles. The smallest absolute Gasteiger partial charge is 0.0155 e. The molecule has 8 aromatic rings. The van der Waals surface area contributed by atoms with Gasteiger partial charge in [-0.25, -0.2) is 0 Å². The van der Waals surface area contributed by atoms with Crippen LogP contribution in [0.1, 0.15) is 12.8 Å². The van der Waals surface area contributed by atoms with E-state index in [2.05, 4.69) is 243 Å². The predicted octanol–water partition coefficient (Wildman–Crippen LogP) is 11.0. The molecule has 0 saturated carbocycles. The summed E-state index contributed by atoms with van der Waals surface area (Å²) in [7, 11) is -2.98. The van der Waals surface area contributed by atoms with Crippen LogP contribution in [0.5, 0.6) is 0 Å². The van der Waals surface area contributed by atoms with E-state index >= 15 is 0 Å². The zero-order valence-corrected chi connectivity index (χ0v) is 35.0. The van der Waals surface area contributed by atoms with Gasteiger partial charge in [0, 0.05) is 10.8 Å². The highest BCUT2D eigenvalue weighted by Gasteiger charge is 2.38. The molecule has 0 aromatic heterocycles. The molecule has 0 saturated heterocycles. The minimum atomic E-state index is -0.744. The first-order valence-corrected chi connectivity index (χ1v) is 25.1. The summed E-state index contributed by atoms with van der Waals surface area (Å²) in [5.74, 6) is 0. The Morgan fingerprint density at radius 2 is 0.321 bits per heavy atom. The largest absolute Gasteiger partial charge is 0.0622 e. The highest BCUT2D eigenvalue weighted by atomic mass is 31.2. The second-order valence-electron chi connectivity index (χ2n) is 13.7. The van der Waals surface area contributed by atoms with E-state index < -0.39 is 31.7 Å². The Morgan fingerprint density at radius 3 is 0.446 bits per heavy atom. The Bertz CT molecular complexity index is 1820. The molecule has 8 rings (SSSR count). The summed E-state index contributed by atoms with van der Waals surface area (Å²) in [6.07, 6.45) is 2.21. The summed E-state index contributed by atoms with van der Waals surface area (Å²) >= 11 is 0. The fraction of sp³-hybridized carbons (Fsp3) is 0.0769. The highest BCUT2D eigenvalue weighted by molar-refractivity contribution is 7.90. The van der Waals surface area contributed by atoms with E-state index in [4.69, 9.17) is 0 Å². The lowest BCUT2D eigenvalue weighted by Gasteiger charge is -2.40. The maximum Gasteiger partial charge on any atom is 0.0155 e. The van der Waals surface area contributed by atoms with Crippen LogP contribution in [-0.2, 0) is 0 Å². The van der Waals surface area contributed by atoms with Gasteiger partial charge in [0.25, 0.3) is 0 Å². The molecule has 4 heteroatoms. The number of hydrogen-bond acceptors (Lipinski definition) is 0. The van der Waals surface area contributed by atoms with Crippen molar-refractivity contribution in [3.63, 3.8) is 0 Å². The van der Waals surface area contributed by atoms with E-state index in [0.29, 0.717) is 10.8 Å². The zero-order chi connectivity index (χ0) is 37.8. The van der Waals surface area contributed by atoms with Crippen molar-refractivity contribution in [3.05, 3.63) is 243 Å². The number of rotatable bonds is 15. The summed E-state index contributed by atoms with van der Waals surface area (Å²) < 4.78 is 0. The molecule has 0 aliphatic carbocycles. The first-order valence-electron chi connectivity index (χ1n) is 19.4. The van der Waals surface area contributed by atoms with Gasteiger partial charge in [-0.05, 0) is 87.0 Å².